The van der Waals surface area contributed by atoms with E-state index in [0.717, 1.165) is 0 Å². The van der Waals surface area contributed by atoms with Gasteiger partial charge in [0.05, 0.1) is 12.1 Å². The van der Waals surface area contributed by atoms with Gasteiger partial charge in [-0.25, -0.2) is 13.1 Å². The molecule has 22 heavy (non-hydrogen) atoms. The van der Waals surface area contributed by atoms with Crippen LogP contribution in [0.25, 0.3) is 0 Å². The summed E-state index contributed by atoms with van der Waals surface area (Å²) in [7, 11) is -4.19. The molecule has 120 valence electrons. The lowest BCUT2D eigenvalue weighted by Crippen LogP contribution is -2.41. The molecule has 0 aliphatic heterocycles. The monoisotopic (exact) mass is 335 g/mol. The largest absolute Gasteiger partial charge is 0.405 e. The lowest BCUT2D eigenvalue weighted by Gasteiger charge is -2.11. The van der Waals surface area contributed by atoms with Crippen LogP contribution in [-0.4, -0.2) is 33.6 Å². The zero-order valence-electron chi connectivity index (χ0n) is 11.4. The third kappa shape index (κ3) is 5.01. The third-order valence-corrected chi connectivity index (χ3v) is 3.99. The van der Waals surface area contributed by atoms with Crippen LogP contribution in [-0.2, 0) is 14.8 Å². The van der Waals surface area contributed by atoms with Gasteiger partial charge in [0.15, 0.2) is 0 Å². The maximum absolute atomic E-state index is 12.0. The summed E-state index contributed by atoms with van der Waals surface area (Å²) in [5.41, 5.74) is 0.331. The number of halogens is 3. The molecular formula is C12H12F3N3O3S. The Morgan fingerprint density at radius 2 is 2.00 bits per heavy atom. The molecule has 0 bridgehead atoms. The van der Waals surface area contributed by atoms with Gasteiger partial charge in [-0.3, -0.25) is 4.79 Å². The van der Waals surface area contributed by atoms with Gasteiger partial charge in [0.2, 0.25) is 15.9 Å². The number of nitrogens with zero attached hydrogens (tertiary/aromatic N) is 1. The fraction of sp³-hybridized carbons (Fsp3) is 0.333. The van der Waals surface area contributed by atoms with Crippen molar-refractivity contribution < 1.29 is 26.4 Å². The average molecular weight is 335 g/mol. The number of hydrogen-bond donors (Lipinski definition) is 2. The van der Waals surface area contributed by atoms with Crippen LogP contribution in [0.2, 0.25) is 0 Å². The van der Waals surface area contributed by atoms with Crippen LogP contribution in [0.5, 0.6) is 0 Å². The molecule has 1 rings (SSSR count). The zero-order valence-corrected chi connectivity index (χ0v) is 12.2. The lowest BCUT2D eigenvalue weighted by atomic mass is 10.1. The molecule has 0 aliphatic carbocycles. The van der Waals surface area contributed by atoms with E-state index in [1.165, 1.54) is 30.4 Å². The van der Waals surface area contributed by atoms with Crippen LogP contribution in [0, 0.1) is 18.3 Å². The summed E-state index contributed by atoms with van der Waals surface area (Å²) >= 11 is 0. The second-order valence-corrected chi connectivity index (χ2v) is 6.01. The predicted molar refractivity (Wildman–Crippen MR) is 70.1 cm³/mol. The van der Waals surface area contributed by atoms with Gasteiger partial charge in [-0.1, -0.05) is 12.1 Å². The Morgan fingerprint density at radius 1 is 1.36 bits per heavy atom. The lowest BCUT2D eigenvalue weighted by molar-refractivity contribution is -0.137. The molecule has 0 aliphatic rings. The van der Waals surface area contributed by atoms with Crippen LogP contribution < -0.4 is 10.0 Å². The Hall–Kier alpha value is -2.12. The molecule has 10 heteroatoms. The highest BCUT2D eigenvalue weighted by atomic mass is 32.2. The standard InChI is InChI=1S/C12H12F3N3O3S/c1-8-3-2-4-10(9(8)5-16)22(20,21)18-6-11(19)17-7-12(13,14)15/h2-4,18H,6-7H2,1H3,(H,17,19). The van der Waals surface area contributed by atoms with Crippen molar-refractivity contribution in [3.8, 4) is 6.07 Å². The smallest absolute Gasteiger partial charge is 0.346 e. The summed E-state index contributed by atoms with van der Waals surface area (Å²) < 4.78 is 61.6. The van der Waals surface area contributed by atoms with Crippen molar-refractivity contribution in [3.63, 3.8) is 0 Å². The maximum atomic E-state index is 12.0. The molecule has 0 fully saturated rings. The van der Waals surface area contributed by atoms with E-state index in [2.05, 4.69) is 0 Å². The van der Waals surface area contributed by atoms with Gasteiger partial charge in [-0.05, 0) is 18.6 Å². The van der Waals surface area contributed by atoms with E-state index in [1.54, 1.807) is 6.07 Å². The van der Waals surface area contributed by atoms with Crippen LogP contribution in [0.15, 0.2) is 23.1 Å². The molecule has 0 heterocycles. The molecule has 2 N–H and O–H groups in total. The van der Waals surface area contributed by atoms with E-state index in [-0.39, 0.29) is 10.5 Å². The predicted octanol–water partition coefficient (Wildman–Crippen LogP) is 0.824. The van der Waals surface area contributed by atoms with Crippen LogP contribution in [0.3, 0.4) is 0 Å². The van der Waals surface area contributed by atoms with Gasteiger partial charge in [0.1, 0.15) is 17.5 Å². The van der Waals surface area contributed by atoms with Crippen molar-refractivity contribution in [1.82, 2.24) is 10.0 Å². The fourth-order valence-electron chi connectivity index (χ4n) is 1.51. The summed E-state index contributed by atoms with van der Waals surface area (Å²) in [6.45, 7) is -0.883. The van der Waals surface area contributed by atoms with Gasteiger partial charge >= 0.3 is 6.18 Å². The van der Waals surface area contributed by atoms with Gasteiger partial charge in [0, 0.05) is 0 Å². The van der Waals surface area contributed by atoms with Crippen molar-refractivity contribution in [2.75, 3.05) is 13.1 Å². The quantitative estimate of drug-likeness (QED) is 0.832. The van der Waals surface area contributed by atoms with Crippen molar-refractivity contribution in [2.24, 2.45) is 0 Å². The number of aryl methyl sites for hydroxylation is 1. The number of carbonyl (C=O) groups is 1. The second kappa shape index (κ2) is 6.76. The summed E-state index contributed by atoms with van der Waals surface area (Å²) in [6.07, 6.45) is -4.58. The highest BCUT2D eigenvalue weighted by Crippen LogP contribution is 2.18. The van der Waals surface area contributed by atoms with E-state index >= 15 is 0 Å². The molecule has 0 atom stereocenters. The molecule has 1 aromatic carbocycles. The number of benzene rings is 1. The van der Waals surface area contributed by atoms with Crippen LogP contribution in [0.4, 0.5) is 13.2 Å². The highest BCUT2D eigenvalue weighted by molar-refractivity contribution is 7.89. The molecule has 0 unspecified atom stereocenters. The van der Waals surface area contributed by atoms with Gasteiger partial charge in [0.25, 0.3) is 0 Å². The minimum Gasteiger partial charge on any atom is -0.346 e. The van der Waals surface area contributed by atoms with Crippen molar-refractivity contribution in [1.29, 1.82) is 5.26 Å². The van der Waals surface area contributed by atoms with Crippen molar-refractivity contribution >= 4 is 15.9 Å². The van der Waals surface area contributed by atoms with Crippen molar-refractivity contribution in [2.45, 2.75) is 18.0 Å². The SMILES string of the molecule is Cc1cccc(S(=O)(=O)NCC(=O)NCC(F)(F)F)c1C#N. The zero-order chi connectivity index (χ0) is 17.0. The number of hydrogen-bond acceptors (Lipinski definition) is 4. The molecule has 1 aromatic rings. The van der Waals surface area contributed by atoms with E-state index in [0.29, 0.717) is 5.56 Å². The van der Waals surface area contributed by atoms with E-state index in [4.69, 9.17) is 5.26 Å². The molecular weight excluding hydrogens is 323 g/mol. The Kier molecular flexibility index (Phi) is 5.51. The molecule has 0 aromatic heterocycles. The van der Waals surface area contributed by atoms with Gasteiger partial charge < -0.3 is 5.32 Å². The fourth-order valence-corrected chi connectivity index (χ4v) is 2.72. The number of nitriles is 1. The van der Waals surface area contributed by atoms with Gasteiger partial charge in [-0.2, -0.15) is 18.4 Å². The minimum atomic E-state index is -4.58. The Labute approximate surface area is 125 Å². The Balaban J connectivity index is 2.80. The third-order valence-electron chi connectivity index (χ3n) is 2.54. The van der Waals surface area contributed by atoms with Gasteiger partial charge in [-0.15, -0.1) is 0 Å². The summed E-state index contributed by atoms with van der Waals surface area (Å²) in [4.78, 5) is 10.9. The molecule has 1 amide bonds. The van der Waals surface area contributed by atoms with E-state index < -0.39 is 35.2 Å². The normalized spacial score (nSPS) is 11.8. The number of alkyl halides is 3. The number of sulfonamides is 1. The summed E-state index contributed by atoms with van der Waals surface area (Å²) in [5, 5.41) is 10.5. The number of carbonyl (C=O) groups excluding carboxylic acids is 1. The first kappa shape index (κ1) is 17.9. The van der Waals surface area contributed by atoms with Crippen molar-refractivity contribution in [3.05, 3.63) is 29.3 Å². The summed E-state index contributed by atoms with van der Waals surface area (Å²) in [5.74, 6) is -1.13. The van der Waals surface area contributed by atoms with E-state index in [1.807, 2.05) is 4.72 Å². The number of rotatable bonds is 5. The Bertz CT molecular complexity index is 709. The second-order valence-electron chi connectivity index (χ2n) is 4.28. The molecule has 0 saturated heterocycles. The van der Waals surface area contributed by atoms with E-state index in [9.17, 15) is 26.4 Å². The first-order chi connectivity index (χ1) is 10.1. The molecule has 0 radical (unpaired) electrons. The average Bonchev–Trinajstić information content (AvgIpc) is 2.42. The first-order valence-corrected chi connectivity index (χ1v) is 7.38. The first-order valence-electron chi connectivity index (χ1n) is 5.89. The summed E-state index contributed by atoms with van der Waals surface area (Å²) in [6, 6.07) is 5.85. The maximum Gasteiger partial charge on any atom is 0.405 e. The topological polar surface area (TPSA) is 99.1 Å². The molecule has 0 saturated carbocycles. The number of amides is 1. The van der Waals surface area contributed by atoms with Crippen LogP contribution >= 0.6 is 0 Å². The highest BCUT2D eigenvalue weighted by Gasteiger charge is 2.28. The Morgan fingerprint density at radius 3 is 2.55 bits per heavy atom. The number of nitrogens with one attached hydrogen (secondary N) is 2. The van der Waals surface area contributed by atoms with Crippen LogP contribution in [0.1, 0.15) is 11.1 Å². The molecule has 0 spiro atoms. The minimum absolute atomic E-state index is 0.0919. The molecule has 6 nitrogen and oxygen atoms in total.